The number of para-hydroxylation sites is 1. The molecule has 0 spiro atoms. The second-order valence-electron chi connectivity index (χ2n) is 6.39. The van der Waals surface area contributed by atoms with Gasteiger partial charge in [-0.1, -0.05) is 23.9 Å². The Morgan fingerprint density at radius 1 is 0.966 bits per heavy atom. The molecule has 5 aromatic rings. The van der Waals surface area contributed by atoms with Crippen molar-refractivity contribution >= 4 is 33.8 Å². The minimum atomic E-state index is -0.110. The Hall–Kier alpha value is -3.39. The Labute approximate surface area is 170 Å². The van der Waals surface area contributed by atoms with E-state index >= 15 is 0 Å². The first-order valence-electron chi connectivity index (χ1n) is 8.99. The molecule has 8 heteroatoms. The molecule has 0 fully saturated rings. The van der Waals surface area contributed by atoms with Gasteiger partial charge in [0.25, 0.3) is 0 Å². The van der Waals surface area contributed by atoms with Crippen molar-refractivity contribution in [2.24, 2.45) is 0 Å². The maximum absolute atomic E-state index is 5.99. The van der Waals surface area contributed by atoms with Crippen molar-refractivity contribution in [2.75, 3.05) is 7.11 Å². The first-order valence-corrected chi connectivity index (χ1v) is 9.87. The van der Waals surface area contributed by atoms with E-state index in [1.54, 1.807) is 13.4 Å². The maximum atomic E-state index is 5.99. The third kappa shape index (κ3) is 3.21. The topological polar surface area (TPSA) is 87.1 Å². The molecular weight excluding hydrogens is 388 g/mol. The molecule has 3 heterocycles. The molecule has 144 valence electrons. The molecular formula is C21H16N4O3S. The van der Waals surface area contributed by atoms with Gasteiger partial charge in [-0.05, 0) is 43.3 Å². The summed E-state index contributed by atoms with van der Waals surface area (Å²) < 4.78 is 17.1. The number of aromatic nitrogens is 4. The quantitative estimate of drug-likeness (QED) is 0.288. The molecule has 3 aromatic heterocycles. The minimum absolute atomic E-state index is 0.110. The number of furan rings is 1. The predicted molar refractivity (Wildman–Crippen MR) is 110 cm³/mol. The van der Waals surface area contributed by atoms with Crippen LogP contribution in [0.25, 0.3) is 33.5 Å². The molecule has 0 unspecified atom stereocenters. The highest BCUT2D eigenvalue weighted by Crippen LogP contribution is 2.39. The van der Waals surface area contributed by atoms with Gasteiger partial charge >= 0.3 is 0 Å². The average molecular weight is 404 g/mol. The zero-order valence-electron chi connectivity index (χ0n) is 15.7. The highest BCUT2D eigenvalue weighted by Gasteiger charge is 2.20. The molecule has 29 heavy (non-hydrogen) atoms. The van der Waals surface area contributed by atoms with Crippen LogP contribution < -0.4 is 4.74 Å². The second-order valence-corrected chi connectivity index (χ2v) is 7.72. The van der Waals surface area contributed by atoms with Crippen molar-refractivity contribution in [3.63, 3.8) is 0 Å². The van der Waals surface area contributed by atoms with Gasteiger partial charge in [0.15, 0.2) is 5.58 Å². The number of ether oxygens (including phenoxy) is 1. The SMILES string of the molecule is COc1ccc(-c2nnc([C@H](C)Sc3ncnc4c3oc3ccccc34)o2)cc1. The monoisotopic (exact) mass is 404 g/mol. The van der Waals surface area contributed by atoms with Crippen molar-refractivity contribution in [1.82, 2.24) is 20.2 Å². The summed E-state index contributed by atoms with van der Waals surface area (Å²) in [5, 5.41) is 9.99. The fraction of sp³-hybridized carbons (Fsp3) is 0.143. The molecule has 0 N–H and O–H groups in total. The summed E-state index contributed by atoms with van der Waals surface area (Å²) in [6, 6.07) is 15.3. The smallest absolute Gasteiger partial charge is 0.247 e. The Bertz CT molecular complexity index is 1300. The molecule has 0 saturated carbocycles. The van der Waals surface area contributed by atoms with Crippen LogP contribution in [-0.2, 0) is 0 Å². The summed E-state index contributed by atoms with van der Waals surface area (Å²) in [6.07, 6.45) is 1.55. The van der Waals surface area contributed by atoms with Gasteiger partial charge in [-0.25, -0.2) is 9.97 Å². The van der Waals surface area contributed by atoms with Gasteiger partial charge in [0.1, 0.15) is 28.2 Å². The predicted octanol–water partition coefficient (Wildman–Crippen LogP) is 5.29. The van der Waals surface area contributed by atoms with Crippen molar-refractivity contribution in [3.05, 3.63) is 60.7 Å². The Morgan fingerprint density at radius 2 is 1.79 bits per heavy atom. The summed E-state index contributed by atoms with van der Waals surface area (Å²) in [6.45, 7) is 1.99. The van der Waals surface area contributed by atoms with E-state index in [0.29, 0.717) is 17.4 Å². The standard InChI is InChI=1S/C21H16N4O3S/c1-12(19-24-25-20(28-19)13-7-9-14(26-2)10-8-13)29-21-18-17(22-11-23-21)15-5-3-4-6-16(15)27-18/h3-12H,1-2H3/t12-/m0/s1. The molecule has 0 amide bonds. The number of thioether (sulfide) groups is 1. The normalized spacial score (nSPS) is 12.5. The number of hydrogen-bond donors (Lipinski definition) is 0. The molecule has 7 nitrogen and oxygen atoms in total. The molecule has 2 aromatic carbocycles. The van der Waals surface area contributed by atoms with E-state index in [9.17, 15) is 0 Å². The lowest BCUT2D eigenvalue weighted by Gasteiger charge is -2.05. The number of hydrogen-bond acceptors (Lipinski definition) is 8. The van der Waals surface area contributed by atoms with Crippen molar-refractivity contribution in [1.29, 1.82) is 0 Å². The number of benzene rings is 2. The first kappa shape index (κ1) is 17.7. The van der Waals surface area contributed by atoms with Gasteiger partial charge in [-0.15, -0.1) is 10.2 Å². The van der Waals surface area contributed by atoms with Crippen LogP contribution in [0.15, 0.2) is 68.7 Å². The van der Waals surface area contributed by atoms with Gasteiger partial charge < -0.3 is 13.6 Å². The van der Waals surface area contributed by atoms with Crippen molar-refractivity contribution < 1.29 is 13.6 Å². The van der Waals surface area contributed by atoms with Crippen LogP contribution in [-0.4, -0.2) is 27.3 Å². The van der Waals surface area contributed by atoms with Gasteiger partial charge in [0.05, 0.1) is 12.4 Å². The lowest BCUT2D eigenvalue weighted by molar-refractivity contribution is 0.415. The number of rotatable bonds is 5. The average Bonchev–Trinajstić information content (AvgIpc) is 3.40. The highest BCUT2D eigenvalue weighted by molar-refractivity contribution is 7.99. The molecule has 1 atom stereocenters. The lowest BCUT2D eigenvalue weighted by Crippen LogP contribution is -1.91. The Balaban J connectivity index is 1.43. The van der Waals surface area contributed by atoms with E-state index in [4.69, 9.17) is 13.6 Å². The highest BCUT2D eigenvalue weighted by atomic mass is 32.2. The minimum Gasteiger partial charge on any atom is -0.497 e. The van der Waals surface area contributed by atoms with E-state index < -0.39 is 0 Å². The third-order valence-electron chi connectivity index (χ3n) is 4.54. The fourth-order valence-electron chi connectivity index (χ4n) is 3.05. The van der Waals surface area contributed by atoms with E-state index in [-0.39, 0.29) is 5.25 Å². The van der Waals surface area contributed by atoms with Crippen LogP contribution in [0.1, 0.15) is 18.1 Å². The number of methoxy groups -OCH3 is 1. The van der Waals surface area contributed by atoms with E-state index in [1.807, 2.05) is 55.5 Å². The van der Waals surface area contributed by atoms with Crippen LogP contribution in [0.3, 0.4) is 0 Å². The van der Waals surface area contributed by atoms with Crippen LogP contribution >= 0.6 is 11.8 Å². The summed E-state index contributed by atoms with van der Waals surface area (Å²) in [5.74, 6) is 1.76. The zero-order valence-corrected chi connectivity index (χ0v) is 16.5. The van der Waals surface area contributed by atoms with E-state index in [0.717, 1.165) is 32.8 Å². The van der Waals surface area contributed by atoms with Gasteiger partial charge in [0.2, 0.25) is 11.8 Å². The fourth-order valence-corrected chi connectivity index (χ4v) is 3.94. The maximum Gasteiger partial charge on any atom is 0.247 e. The third-order valence-corrected chi connectivity index (χ3v) is 5.61. The lowest BCUT2D eigenvalue weighted by atomic mass is 10.2. The van der Waals surface area contributed by atoms with Gasteiger partial charge in [0, 0.05) is 10.9 Å². The molecule has 0 aliphatic rings. The van der Waals surface area contributed by atoms with Crippen LogP contribution in [0.4, 0.5) is 0 Å². The summed E-state index contributed by atoms with van der Waals surface area (Å²) in [7, 11) is 1.63. The zero-order chi connectivity index (χ0) is 19.8. The Morgan fingerprint density at radius 3 is 2.62 bits per heavy atom. The van der Waals surface area contributed by atoms with E-state index in [2.05, 4.69) is 20.2 Å². The number of nitrogens with zero attached hydrogens (tertiary/aromatic N) is 4. The molecule has 0 bridgehead atoms. The van der Waals surface area contributed by atoms with Crippen LogP contribution in [0, 0.1) is 0 Å². The van der Waals surface area contributed by atoms with Gasteiger partial charge in [-0.3, -0.25) is 0 Å². The second kappa shape index (κ2) is 7.21. The van der Waals surface area contributed by atoms with Crippen LogP contribution in [0.2, 0.25) is 0 Å². The van der Waals surface area contributed by atoms with E-state index in [1.165, 1.54) is 11.8 Å². The molecule has 0 aliphatic carbocycles. The van der Waals surface area contributed by atoms with Gasteiger partial charge in [-0.2, -0.15) is 0 Å². The van der Waals surface area contributed by atoms with Crippen molar-refractivity contribution in [2.45, 2.75) is 17.2 Å². The van der Waals surface area contributed by atoms with Crippen molar-refractivity contribution in [3.8, 4) is 17.2 Å². The molecule has 0 radical (unpaired) electrons. The number of fused-ring (bicyclic) bond motifs is 3. The first-order chi connectivity index (χ1) is 14.2. The molecule has 0 saturated heterocycles. The largest absolute Gasteiger partial charge is 0.497 e. The summed E-state index contributed by atoms with van der Waals surface area (Å²) in [5.41, 5.74) is 3.09. The molecule has 0 aliphatic heterocycles. The summed E-state index contributed by atoms with van der Waals surface area (Å²) >= 11 is 1.49. The summed E-state index contributed by atoms with van der Waals surface area (Å²) in [4.78, 5) is 8.79. The molecule has 5 rings (SSSR count). The Kier molecular flexibility index (Phi) is 4.40. The van der Waals surface area contributed by atoms with Crippen LogP contribution in [0.5, 0.6) is 5.75 Å².